The van der Waals surface area contributed by atoms with Crippen molar-refractivity contribution in [1.29, 1.82) is 0 Å². The fraction of sp³-hybridized carbons (Fsp3) is 0.0909. The molecule has 0 aliphatic heterocycles. The molecule has 0 spiro atoms. The standard InChI is InChI=1S/C11H9N3O/c1-8-7-10-12-11(13-14(10)15-8)9-5-3-2-4-6-9/h2-7H,1H3. The molecule has 0 aliphatic rings. The maximum atomic E-state index is 5.31. The Morgan fingerprint density at radius 1 is 1.20 bits per heavy atom. The zero-order chi connectivity index (χ0) is 10.3. The molecule has 4 nitrogen and oxygen atoms in total. The van der Waals surface area contributed by atoms with Gasteiger partial charge < -0.3 is 4.52 Å². The van der Waals surface area contributed by atoms with Crippen LogP contribution in [0.15, 0.2) is 40.9 Å². The summed E-state index contributed by atoms with van der Waals surface area (Å²) in [5.74, 6) is 1.50. The summed E-state index contributed by atoms with van der Waals surface area (Å²) in [6.07, 6.45) is 0. The summed E-state index contributed by atoms with van der Waals surface area (Å²) in [5.41, 5.74) is 1.74. The van der Waals surface area contributed by atoms with Crippen LogP contribution in [-0.4, -0.2) is 14.8 Å². The Balaban J connectivity index is 2.16. The zero-order valence-electron chi connectivity index (χ0n) is 8.21. The molecule has 0 amide bonds. The van der Waals surface area contributed by atoms with Crippen LogP contribution in [0.2, 0.25) is 0 Å². The van der Waals surface area contributed by atoms with Crippen molar-refractivity contribution in [1.82, 2.24) is 14.8 Å². The van der Waals surface area contributed by atoms with Crippen LogP contribution in [0.1, 0.15) is 5.76 Å². The van der Waals surface area contributed by atoms with E-state index < -0.39 is 0 Å². The number of hydrogen-bond acceptors (Lipinski definition) is 3. The summed E-state index contributed by atoms with van der Waals surface area (Å²) in [6.45, 7) is 1.87. The molecule has 4 heteroatoms. The number of aryl methyl sites for hydroxylation is 1. The van der Waals surface area contributed by atoms with E-state index in [4.69, 9.17) is 4.52 Å². The molecule has 15 heavy (non-hydrogen) atoms. The molecular weight excluding hydrogens is 190 g/mol. The van der Waals surface area contributed by atoms with Gasteiger partial charge in [0.1, 0.15) is 5.76 Å². The summed E-state index contributed by atoms with van der Waals surface area (Å²) in [4.78, 5) is 4.36. The fourth-order valence-electron chi connectivity index (χ4n) is 1.52. The van der Waals surface area contributed by atoms with Crippen LogP contribution >= 0.6 is 0 Å². The second kappa shape index (κ2) is 2.95. The average Bonchev–Trinajstić information content (AvgIpc) is 2.76. The van der Waals surface area contributed by atoms with Gasteiger partial charge in [-0.2, -0.15) is 0 Å². The first-order valence-corrected chi connectivity index (χ1v) is 4.72. The first-order valence-electron chi connectivity index (χ1n) is 4.72. The van der Waals surface area contributed by atoms with Gasteiger partial charge in [0.15, 0.2) is 11.5 Å². The molecule has 0 saturated heterocycles. The van der Waals surface area contributed by atoms with Crippen molar-refractivity contribution in [3.8, 4) is 11.4 Å². The van der Waals surface area contributed by atoms with E-state index >= 15 is 0 Å². The normalized spacial score (nSPS) is 11.0. The molecule has 2 aromatic heterocycles. The van der Waals surface area contributed by atoms with E-state index in [1.54, 1.807) is 0 Å². The molecular formula is C11H9N3O. The van der Waals surface area contributed by atoms with Gasteiger partial charge >= 0.3 is 0 Å². The van der Waals surface area contributed by atoms with E-state index in [0.29, 0.717) is 5.82 Å². The fourth-order valence-corrected chi connectivity index (χ4v) is 1.52. The second-order valence-corrected chi connectivity index (χ2v) is 3.38. The lowest BCUT2D eigenvalue weighted by atomic mass is 10.2. The maximum absolute atomic E-state index is 5.31. The number of fused-ring (bicyclic) bond motifs is 1. The highest BCUT2D eigenvalue weighted by atomic mass is 16.5. The number of rotatable bonds is 1. The van der Waals surface area contributed by atoms with E-state index in [1.165, 1.54) is 4.69 Å². The molecule has 0 atom stereocenters. The summed E-state index contributed by atoms with van der Waals surface area (Å²) in [7, 11) is 0. The van der Waals surface area contributed by atoms with Gasteiger partial charge in [-0.3, -0.25) is 0 Å². The molecule has 2 heterocycles. The highest BCUT2D eigenvalue weighted by molar-refractivity contribution is 5.57. The lowest BCUT2D eigenvalue weighted by molar-refractivity contribution is 0.322. The zero-order valence-corrected chi connectivity index (χ0v) is 8.21. The quantitative estimate of drug-likeness (QED) is 0.604. The Bertz CT molecular complexity index is 563. The van der Waals surface area contributed by atoms with Gasteiger partial charge in [-0.1, -0.05) is 35.0 Å². The average molecular weight is 199 g/mol. The highest BCUT2D eigenvalue weighted by Gasteiger charge is 2.08. The monoisotopic (exact) mass is 199 g/mol. The first-order chi connectivity index (χ1) is 7.33. The second-order valence-electron chi connectivity index (χ2n) is 3.38. The Labute approximate surface area is 86.1 Å². The minimum Gasteiger partial charge on any atom is -0.361 e. The van der Waals surface area contributed by atoms with Crippen molar-refractivity contribution in [3.05, 3.63) is 42.2 Å². The topological polar surface area (TPSA) is 43.3 Å². The molecule has 0 N–H and O–H groups in total. The predicted octanol–water partition coefficient (Wildman–Crippen LogP) is 2.30. The third-order valence-corrected chi connectivity index (χ3v) is 2.20. The molecule has 0 bridgehead atoms. The largest absolute Gasteiger partial charge is 0.361 e. The molecule has 3 rings (SSSR count). The lowest BCUT2D eigenvalue weighted by Gasteiger charge is -1.91. The Kier molecular flexibility index (Phi) is 1.62. The molecule has 0 unspecified atom stereocenters. The minimum absolute atomic E-state index is 0.689. The van der Waals surface area contributed by atoms with Gasteiger partial charge in [-0.05, 0) is 6.92 Å². The summed E-state index contributed by atoms with van der Waals surface area (Å²) >= 11 is 0. The smallest absolute Gasteiger partial charge is 0.196 e. The van der Waals surface area contributed by atoms with Crippen molar-refractivity contribution in [2.75, 3.05) is 0 Å². The van der Waals surface area contributed by atoms with E-state index in [2.05, 4.69) is 10.1 Å². The van der Waals surface area contributed by atoms with Crippen LogP contribution in [0.4, 0.5) is 0 Å². The van der Waals surface area contributed by atoms with Crippen LogP contribution in [0.3, 0.4) is 0 Å². The van der Waals surface area contributed by atoms with Gasteiger partial charge in [0.25, 0.3) is 0 Å². The van der Waals surface area contributed by atoms with E-state index in [0.717, 1.165) is 17.0 Å². The van der Waals surface area contributed by atoms with E-state index in [1.807, 2.05) is 43.3 Å². The summed E-state index contributed by atoms with van der Waals surface area (Å²) < 4.78 is 6.76. The molecule has 1 aromatic carbocycles. The molecule has 0 fully saturated rings. The van der Waals surface area contributed by atoms with Gasteiger partial charge in [0, 0.05) is 11.6 Å². The molecule has 0 aliphatic carbocycles. The number of benzene rings is 1. The van der Waals surface area contributed by atoms with Crippen LogP contribution in [0.5, 0.6) is 0 Å². The first kappa shape index (κ1) is 8.23. The number of aromatic nitrogens is 3. The maximum Gasteiger partial charge on any atom is 0.196 e. The third-order valence-electron chi connectivity index (χ3n) is 2.20. The molecule has 0 radical (unpaired) electrons. The SMILES string of the molecule is Cc1cc2nc(-c3ccccc3)nn2o1. The lowest BCUT2D eigenvalue weighted by Crippen LogP contribution is -1.82. The highest BCUT2D eigenvalue weighted by Crippen LogP contribution is 2.16. The van der Waals surface area contributed by atoms with Crippen molar-refractivity contribution in [3.63, 3.8) is 0 Å². The number of hydrogen-bond donors (Lipinski definition) is 0. The summed E-state index contributed by atoms with van der Waals surface area (Å²) in [5, 5.41) is 4.24. The van der Waals surface area contributed by atoms with Gasteiger partial charge in [0.2, 0.25) is 0 Å². The molecule has 74 valence electrons. The number of nitrogens with zero attached hydrogens (tertiary/aromatic N) is 3. The Morgan fingerprint density at radius 3 is 2.73 bits per heavy atom. The van der Waals surface area contributed by atoms with Crippen LogP contribution in [0, 0.1) is 6.92 Å². The van der Waals surface area contributed by atoms with Crippen LogP contribution in [-0.2, 0) is 0 Å². The summed E-state index contributed by atoms with van der Waals surface area (Å²) in [6, 6.07) is 11.7. The third kappa shape index (κ3) is 1.30. The van der Waals surface area contributed by atoms with Gasteiger partial charge in [0.05, 0.1) is 0 Å². The van der Waals surface area contributed by atoms with Crippen molar-refractivity contribution < 1.29 is 4.52 Å². The van der Waals surface area contributed by atoms with E-state index in [-0.39, 0.29) is 0 Å². The van der Waals surface area contributed by atoms with Crippen molar-refractivity contribution >= 4 is 5.65 Å². The van der Waals surface area contributed by atoms with Crippen molar-refractivity contribution in [2.45, 2.75) is 6.92 Å². The molecule has 0 saturated carbocycles. The van der Waals surface area contributed by atoms with Gasteiger partial charge in [-0.25, -0.2) is 4.98 Å². The Hall–Kier alpha value is -2.10. The van der Waals surface area contributed by atoms with E-state index in [9.17, 15) is 0 Å². The van der Waals surface area contributed by atoms with Crippen LogP contribution < -0.4 is 0 Å². The minimum atomic E-state index is 0.689. The predicted molar refractivity (Wildman–Crippen MR) is 55.4 cm³/mol. The van der Waals surface area contributed by atoms with Gasteiger partial charge in [-0.15, -0.1) is 5.10 Å². The van der Waals surface area contributed by atoms with Crippen molar-refractivity contribution in [2.24, 2.45) is 0 Å². The Morgan fingerprint density at radius 2 is 2.00 bits per heavy atom. The molecule has 3 aromatic rings. The van der Waals surface area contributed by atoms with Crippen LogP contribution in [0.25, 0.3) is 17.0 Å².